The molecule has 3 aromatic carbocycles. The third-order valence-corrected chi connectivity index (χ3v) is 6.78. The fourth-order valence-electron chi connectivity index (χ4n) is 3.32. The summed E-state index contributed by atoms with van der Waals surface area (Å²) in [5.41, 5.74) is 2.00. The van der Waals surface area contributed by atoms with E-state index in [1.54, 1.807) is 25.3 Å². The minimum Gasteiger partial charge on any atom is -0.497 e. The van der Waals surface area contributed by atoms with E-state index in [0.717, 1.165) is 11.1 Å². The molecule has 1 heterocycles. The number of urea groups is 1. The first kappa shape index (κ1) is 25.4. The van der Waals surface area contributed by atoms with Crippen LogP contribution in [-0.4, -0.2) is 35.3 Å². The second-order valence-corrected chi connectivity index (χ2v) is 9.34. The second kappa shape index (κ2) is 11.9. The fourth-order valence-corrected chi connectivity index (χ4v) is 4.41. The van der Waals surface area contributed by atoms with Crippen LogP contribution in [0, 0.1) is 0 Å². The van der Waals surface area contributed by atoms with Crippen molar-refractivity contribution in [2.24, 2.45) is 0 Å². The predicted octanol–water partition coefficient (Wildman–Crippen LogP) is 5.89. The molecule has 0 spiro atoms. The van der Waals surface area contributed by atoms with E-state index in [1.165, 1.54) is 11.3 Å². The van der Waals surface area contributed by atoms with Gasteiger partial charge in [-0.25, -0.2) is 4.79 Å². The summed E-state index contributed by atoms with van der Waals surface area (Å²) in [6.07, 6.45) is 0.255. The van der Waals surface area contributed by atoms with Crippen LogP contribution in [0.4, 0.5) is 15.6 Å². The Balaban J connectivity index is 1.49. The van der Waals surface area contributed by atoms with Gasteiger partial charge in [0.2, 0.25) is 11.0 Å². The number of methoxy groups -OCH3 is 1. The lowest BCUT2D eigenvalue weighted by Crippen LogP contribution is -2.47. The molecule has 3 amide bonds. The van der Waals surface area contributed by atoms with Gasteiger partial charge in [0.15, 0.2) is 0 Å². The zero-order valence-corrected chi connectivity index (χ0v) is 21.3. The van der Waals surface area contributed by atoms with E-state index < -0.39 is 18.0 Å². The lowest BCUT2D eigenvalue weighted by Gasteiger charge is -2.18. The lowest BCUT2D eigenvalue weighted by atomic mass is 10.1. The second-order valence-electron chi connectivity index (χ2n) is 7.58. The largest absolute Gasteiger partial charge is 0.497 e. The quantitative estimate of drug-likeness (QED) is 0.258. The van der Waals surface area contributed by atoms with E-state index in [0.29, 0.717) is 26.6 Å². The third-order valence-electron chi connectivity index (χ3n) is 5.08. The molecule has 4 aromatic rings. The van der Waals surface area contributed by atoms with Gasteiger partial charge in [0.05, 0.1) is 22.8 Å². The summed E-state index contributed by atoms with van der Waals surface area (Å²) in [7, 11) is 1.58. The standard InChI is InChI=1S/C25H21Cl2N5O3S/c1-35-17-10-5-9-16(14-17)23-31-32-25(36-23)30-22(33)20(13-15-7-3-2-4-8-15)29-24(34)28-19-12-6-11-18(26)21(19)27/h2-12,14,20H,13H2,1H3,(H2,28,29,34)(H,30,32,33). The molecule has 0 bridgehead atoms. The van der Waals surface area contributed by atoms with Gasteiger partial charge >= 0.3 is 6.03 Å². The Hall–Kier alpha value is -3.66. The number of nitrogens with zero attached hydrogens (tertiary/aromatic N) is 2. The average Bonchev–Trinajstić information content (AvgIpc) is 3.35. The average molecular weight is 542 g/mol. The van der Waals surface area contributed by atoms with Gasteiger partial charge in [0, 0.05) is 12.0 Å². The number of rotatable bonds is 8. The van der Waals surface area contributed by atoms with Gasteiger partial charge < -0.3 is 15.4 Å². The van der Waals surface area contributed by atoms with Crippen molar-refractivity contribution in [2.45, 2.75) is 12.5 Å². The fraction of sp³-hybridized carbons (Fsp3) is 0.120. The molecule has 4 rings (SSSR count). The zero-order chi connectivity index (χ0) is 25.5. The molecule has 3 N–H and O–H groups in total. The van der Waals surface area contributed by atoms with Crippen LogP contribution in [0.15, 0.2) is 72.8 Å². The summed E-state index contributed by atoms with van der Waals surface area (Å²) in [5, 5.41) is 17.8. The summed E-state index contributed by atoms with van der Waals surface area (Å²) in [4.78, 5) is 25.9. The summed E-state index contributed by atoms with van der Waals surface area (Å²) in [5.74, 6) is 0.241. The van der Waals surface area contributed by atoms with E-state index in [1.807, 2.05) is 54.6 Å². The molecule has 0 aliphatic rings. The van der Waals surface area contributed by atoms with Crippen molar-refractivity contribution in [3.05, 3.63) is 88.4 Å². The minimum absolute atomic E-state index is 0.206. The van der Waals surface area contributed by atoms with Gasteiger partial charge in [0.25, 0.3) is 0 Å². The zero-order valence-electron chi connectivity index (χ0n) is 19.0. The van der Waals surface area contributed by atoms with Gasteiger partial charge in [0.1, 0.15) is 16.8 Å². The number of halogens is 2. The summed E-state index contributed by atoms with van der Waals surface area (Å²) in [6, 6.07) is 20.1. The third kappa shape index (κ3) is 6.51. The molecule has 8 nitrogen and oxygen atoms in total. The Morgan fingerprint density at radius 3 is 2.53 bits per heavy atom. The van der Waals surface area contributed by atoms with Crippen molar-refractivity contribution in [3.63, 3.8) is 0 Å². The van der Waals surface area contributed by atoms with E-state index in [-0.39, 0.29) is 11.4 Å². The van der Waals surface area contributed by atoms with Crippen LogP contribution in [-0.2, 0) is 11.2 Å². The van der Waals surface area contributed by atoms with Gasteiger partial charge in [-0.15, -0.1) is 10.2 Å². The number of anilines is 2. The first-order valence-corrected chi connectivity index (χ1v) is 12.3. The summed E-state index contributed by atoms with van der Waals surface area (Å²) >= 11 is 13.4. The first-order chi connectivity index (χ1) is 17.4. The van der Waals surface area contributed by atoms with Gasteiger partial charge in [-0.05, 0) is 29.8 Å². The van der Waals surface area contributed by atoms with Gasteiger partial charge in [-0.2, -0.15) is 0 Å². The van der Waals surface area contributed by atoms with E-state index in [4.69, 9.17) is 27.9 Å². The molecule has 0 fully saturated rings. The normalized spacial score (nSPS) is 11.4. The highest BCUT2D eigenvalue weighted by atomic mass is 35.5. The number of carbonyl (C=O) groups excluding carboxylic acids is 2. The van der Waals surface area contributed by atoms with Crippen LogP contribution in [0.5, 0.6) is 5.75 Å². The highest BCUT2D eigenvalue weighted by molar-refractivity contribution is 7.18. The highest BCUT2D eigenvalue weighted by Crippen LogP contribution is 2.30. The number of hydrogen-bond acceptors (Lipinski definition) is 6. The molecule has 1 unspecified atom stereocenters. The van der Waals surface area contributed by atoms with Crippen LogP contribution in [0.25, 0.3) is 10.6 Å². The molecule has 1 atom stereocenters. The molecule has 0 aliphatic carbocycles. The van der Waals surface area contributed by atoms with Gasteiger partial charge in [-0.1, -0.05) is 83.1 Å². The van der Waals surface area contributed by atoms with Gasteiger partial charge in [-0.3, -0.25) is 10.1 Å². The summed E-state index contributed by atoms with van der Waals surface area (Å²) in [6.45, 7) is 0. The Labute approximate surface area is 221 Å². The van der Waals surface area contributed by atoms with Crippen molar-refractivity contribution in [1.82, 2.24) is 15.5 Å². The molecule has 0 saturated heterocycles. The Kier molecular flexibility index (Phi) is 8.37. The van der Waals surface area contributed by atoms with Crippen molar-refractivity contribution in [2.75, 3.05) is 17.7 Å². The molecular weight excluding hydrogens is 521 g/mol. The summed E-state index contributed by atoms with van der Waals surface area (Å²) < 4.78 is 5.25. The number of aromatic nitrogens is 2. The smallest absolute Gasteiger partial charge is 0.319 e. The van der Waals surface area contributed by atoms with Crippen LogP contribution in [0.1, 0.15) is 5.56 Å². The highest BCUT2D eigenvalue weighted by Gasteiger charge is 2.23. The van der Waals surface area contributed by atoms with Crippen molar-refractivity contribution < 1.29 is 14.3 Å². The molecule has 0 saturated carbocycles. The Bertz CT molecular complexity index is 1370. The molecule has 36 heavy (non-hydrogen) atoms. The van der Waals surface area contributed by atoms with Crippen LogP contribution in [0.2, 0.25) is 10.0 Å². The number of hydrogen-bond donors (Lipinski definition) is 3. The van der Waals surface area contributed by atoms with E-state index >= 15 is 0 Å². The molecule has 1 aromatic heterocycles. The number of ether oxygens (including phenoxy) is 1. The SMILES string of the molecule is COc1cccc(-c2nnc(NC(=O)C(Cc3ccccc3)NC(=O)Nc3cccc(Cl)c3Cl)s2)c1. The van der Waals surface area contributed by atoms with E-state index in [2.05, 4.69) is 26.1 Å². The maximum Gasteiger partial charge on any atom is 0.319 e. The maximum absolute atomic E-state index is 13.2. The number of carbonyl (C=O) groups is 2. The van der Waals surface area contributed by atoms with Crippen molar-refractivity contribution >= 4 is 57.3 Å². The Morgan fingerprint density at radius 1 is 0.972 bits per heavy atom. The van der Waals surface area contributed by atoms with Crippen molar-refractivity contribution in [1.29, 1.82) is 0 Å². The molecule has 184 valence electrons. The number of benzene rings is 3. The molecule has 0 aliphatic heterocycles. The minimum atomic E-state index is -0.908. The van der Waals surface area contributed by atoms with Crippen LogP contribution in [0.3, 0.4) is 0 Å². The Morgan fingerprint density at radius 2 is 1.75 bits per heavy atom. The lowest BCUT2D eigenvalue weighted by molar-refractivity contribution is -0.117. The monoisotopic (exact) mass is 541 g/mol. The number of nitrogens with one attached hydrogen (secondary N) is 3. The molecule has 11 heteroatoms. The number of amides is 3. The van der Waals surface area contributed by atoms with Crippen LogP contribution >= 0.6 is 34.5 Å². The van der Waals surface area contributed by atoms with Crippen molar-refractivity contribution in [3.8, 4) is 16.3 Å². The topological polar surface area (TPSA) is 105 Å². The maximum atomic E-state index is 13.2. The molecular formula is C25H21Cl2N5O3S. The predicted molar refractivity (Wildman–Crippen MR) is 143 cm³/mol. The van der Waals surface area contributed by atoms with Crippen LogP contribution < -0.4 is 20.7 Å². The first-order valence-electron chi connectivity index (χ1n) is 10.8. The van der Waals surface area contributed by atoms with E-state index in [9.17, 15) is 9.59 Å². The molecule has 0 radical (unpaired) electrons.